The molecule has 1 amide bonds. The summed E-state index contributed by atoms with van der Waals surface area (Å²) in [7, 11) is 0. The quantitative estimate of drug-likeness (QED) is 0.675. The number of rotatable bonds is 4. The molecule has 1 aromatic heterocycles. The summed E-state index contributed by atoms with van der Waals surface area (Å²) >= 11 is 0. The molecule has 1 aliphatic carbocycles. The van der Waals surface area contributed by atoms with Crippen molar-refractivity contribution in [2.24, 2.45) is 4.99 Å². The molecule has 2 aliphatic heterocycles. The Bertz CT molecular complexity index is 1120. The fourth-order valence-electron chi connectivity index (χ4n) is 4.98. The molecule has 0 radical (unpaired) electrons. The SMILES string of the molecule is O=C1c2c(ncn2Cc2ccccc2)N2C(=N[C@H]3CCC[C@H]32)N1Cc1ccccc1. The largest absolute Gasteiger partial charge is 0.320 e. The Kier molecular flexibility index (Phi) is 3.97. The number of aromatic nitrogens is 2. The van der Waals surface area contributed by atoms with Gasteiger partial charge in [0, 0.05) is 6.54 Å². The molecule has 6 heteroatoms. The summed E-state index contributed by atoms with van der Waals surface area (Å²) in [6.07, 6.45) is 5.16. The van der Waals surface area contributed by atoms with Crippen LogP contribution in [0.25, 0.3) is 0 Å². The van der Waals surface area contributed by atoms with Gasteiger partial charge in [0.15, 0.2) is 11.5 Å². The number of anilines is 1. The first-order valence-corrected chi connectivity index (χ1v) is 10.6. The van der Waals surface area contributed by atoms with Gasteiger partial charge in [-0.2, -0.15) is 0 Å². The van der Waals surface area contributed by atoms with Gasteiger partial charge in [0.05, 0.1) is 25.0 Å². The van der Waals surface area contributed by atoms with Crippen molar-refractivity contribution < 1.29 is 4.79 Å². The van der Waals surface area contributed by atoms with E-state index in [2.05, 4.69) is 29.2 Å². The van der Waals surface area contributed by atoms with Crippen LogP contribution in [-0.2, 0) is 13.1 Å². The van der Waals surface area contributed by atoms with E-state index in [-0.39, 0.29) is 11.9 Å². The van der Waals surface area contributed by atoms with E-state index >= 15 is 0 Å². The van der Waals surface area contributed by atoms with Crippen molar-refractivity contribution in [1.29, 1.82) is 0 Å². The molecule has 0 bridgehead atoms. The van der Waals surface area contributed by atoms with Crippen molar-refractivity contribution in [3.05, 3.63) is 83.8 Å². The normalized spacial score (nSPS) is 22.0. The first kappa shape index (κ1) is 17.4. The minimum Gasteiger partial charge on any atom is -0.320 e. The van der Waals surface area contributed by atoms with E-state index in [9.17, 15) is 4.79 Å². The zero-order valence-corrected chi connectivity index (χ0v) is 16.7. The number of carbonyl (C=O) groups excluding carboxylic acids is 1. The molecule has 30 heavy (non-hydrogen) atoms. The zero-order chi connectivity index (χ0) is 20.1. The van der Waals surface area contributed by atoms with Gasteiger partial charge in [-0.1, -0.05) is 60.7 Å². The minimum atomic E-state index is -0.0164. The second-order valence-corrected chi connectivity index (χ2v) is 8.27. The number of nitrogens with zero attached hydrogens (tertiary/aromatic N) is 5. The van der Waals surface area contributed by atoms with Gasteiger partial charge in [-0.05, 0) is 30.4 Å². The van der Waals surface area contributed by atoms with E-state index in [1.807, 2.05) is 52.2 Å². The summed E-state index contributed by atoms with van der Waals surface area (Å²) in [5, 5.41) is 0. The number of fused-ring (bicyclic) bond motifs is 5. The van der Waals surface area contributed by atoms with Gasteiger partial charge >= 0.3 is 0 Å². The number of guanidine groups is 1. The van der Waals surface area contributed by atoms with Crippen LogP contribution in [0.2, 0.25) is 0 Å². The Balaban J connectivity index is 1.44. The Labute approximate surface area is 175 Å². The van der Waals surface area contributed by atoms with Crippen LogP contribution in [-0.4, -0.2) is 38.4 Å². The molecular formula is C24H23N5O. The van der Waals surface area contributed by atoms with Crippen molar-refractivity contribution in [2.45, 2.75) is 44.4 Å². The van der Waals surface area contributed by atoms with Gasteiger partial charge in [-0.15, -0.1) is 0 Å². The van der Waals surface area contributed by atoms with Gasteiger partial charge < -0.3 is 4.57 Å². The smallest absolute Gasteiger partial charge is 0.281 e. The summed E-state index contributed by atoms with van der Waals surface area (Å²) in [4.78, 5) is 27.5. The van der Waals surface area contributed by atoms with Gasteiger partial charge in [0.25, 0.3) is 5.91 Å². The molecule has 3 aromatic rings. The highest BCUT2D eigenvalue weighted by Gasteiger charge is 2.49. The van der Waals surface area contributed by atoms with Crippen LogP contribution in [0.3, 0.4) is 0 Å². The average molecular weight is 397 g/mol. The maximum atomic E-state index is 13.7. The Morgan fingerprint density at radius 1 is 0.900 bits per heavy atom. The highest BCUT2D eigenvalue weighted by molar-refractivity contribution is 6.18. The Morgan fingerprint density at radius 3 is 2.33 bits per heavy atom. The molecule has 0 N–H and O–H groups in total. The third-order valence-corrected chi connectivity index (χ3v) is 6.39. The van der Waals surface area contributed by atoms with E-state index in [0.717, 1.165) is 35.7 Å². The summed E-state index contributed by atoms with van der Waals surface area (Å²) in [5.74, 6) is 1.53. The molecule has 0 unspecified atom stereocenters. The molecule has 0 spiro atoms. The number of carbonyl (C=O) groups is 1. The number of amides is 1. The fraction of sp³-hybridized carbons (Fsp3) is 0.292. The molecular weight excluding hydrogens is 374 g/mol. The molecule has 6 nitrogen and oxygen atoms in total. The number of benzene rings is 2. The fourth-order valence-corrected chi connectivity index (χ4v) is 4.98. The molecule has 150 valence electrons. The van der Waals surface area contributed by atoms with E-state index in [1.165, 1.54) is 6.42 Å². The summed E-state index contributed by atoms with van der Waals surface area (Å²) in [6.45, 7) is 1.15. The molecule has 3 heterocycles. The van der Waals surface area contributed by atoms with Gasteiger partial charge in [-0.25, -0.2) is 9.98 Å². The van der Waals surface area contributed by atoms with Crippen molar-refractivity contribution in [2.75, 3.05) is 4.90 Å². The first-order chi connectivity index (χ1) is 14.8. The lowest BCUT2D eigenvalue weighted by Gasteiger charge is -2.36. The molecule has 3 aliphatic rings. The zero-order valence-electron chi connectivity index (χ0n) is 16.7. The maximum Gasteiger partial charge on any atom is 0.281 e. The maximum absolute atomic E-state index is 13.7. The van der Waals surface area contributed by atoms with E-state index in [1.54, 1.807) is 0 Å². The van der Waals surface area contributed by atoms with Crippen molar-refractivity contribution in [1.82, 2.24) is 14.5 Å². The van der Waals surface area contributed by atoms with Crippen molar-refractivity contribution in [3.63, 3.8) is 0 Å². The van der Waals surface area contributed by atoms with Gasteiger partial charge in [0.1, 0.15) is 0 Å². The number of hydrogen-bond acceptors (Lipinski definition) is 4. The van der Waals surface area contributed by atoms with Crippen LogP contribution in [0.4, 0.5) is 5.82 Å². The Morgan fingerprint density at radius 2 is 1.60 bits per heavy atom. The highest BCUT2D eigenvalue weighted by atomic mass is 16.2. The molecule has 1 fully saturated rings. The lowest BCUT2D eigenvalue weighted by atomic mass is 10.1. The third kappa shape index (κ3) is 2.67. The van der Waals surface area contributed by atoms with Crippen LogP contribution in [0.1, 0.15) is 40.9 Å². The second-order valence-electron chi connectivity index (χ2n) is 8.27. The monoisotopic (exact) mass is 397 g/mol. The van der Waals surface area contributed by atoms with E-state index < -0.39 is 0 Å². The summed E-state index contributed by atoms with van der Waals surface area (Å²) in [5.41, 5.74) is 2.92. The van der Waals surface area contributed by atoms with Gasteiger partial charge in [-0.3, -0.25) is 14.6 Å². The molecule has 0 saturated heterocycles. The Hall–Kier alpha value is -3.41. The highest BCUT2D eigenvalue weighted by Crippen LogP contribution is 2.40. The predicted molar refractivity (Wildman–Crippen MR) is 115 cm³/mol. The van der Waals surface area contributed by atoms with Crippen LogP contribution in [0.5, 0.6) is 0 Å². The lowest BCUT2D eigenvalue weighted by molar-refractivity contribution is 0.0822. The molecule has 1 saturated carbocycles. The molecule has 6 rings (SSSR count). The predicted octanol–water partition coefficient (Wildman–Crippen LogP) is 3.68. The standard InChI is InChI=1S/C24H23N5O/c30-23-21-22(25-16-27(21)14-17-8-3-1-4-9-17)29-20-13-7-12-19(20)26-24(29)28(23)15-18-10-5-2-6-11-18/h1-6,8-11,16,19-20H,7,12-15H2/t19-,20+/m0/s1. The van der Waals surface area contributed by atoms with E-state index in [4.69, 9.17) is 9.98 Å². The lowest BCUT2D eigenvalue weighted by Crippen LogP contribution is -2.53. The van der Waals surface area contributed by atoms with Gasteiger partial charge in [0.2, 0.25) is 5.96 Å². The number of imidazole rings is 1. The summed E-state index contributed by atoms with van der Waals surface area (Å²) in [6, 6.07) is 20.9. The van der Waals surface area contributed by atoms with Crippen LogP contribution >= 0.6 is 0 Å². The van der Waals surface area contributed by atoms with Crippen LogP contribution in [0.15, 0.2) is 72.0 Å². The van der Waals surface area contributed by atoms with Crippen LogP contribution in [0, 0.1) is 0 Å². The minimum absolute atomic E-state index is 0.0164. The van der Waals surface area contributed by atoms with Crippen molar-refractivity contribution >= 4 is 17.7 Å². The van der Waals surface area contributed by atoms with Crippen LogP contribution < -0.4 is 4.90 Å². The average Bonchev–Trinajstić information content (AvgIpc) is 3.47. The second kappa shape index (κ2) is 6.83. The van der Waals surface area contributed by atoms with Crippen molar-refractivity contribution in [3.8, 4) is 0 Å². The number of hydrogen-bond donors (Lipinski definition) is 0. The molecule has 2 atom stereocenters. The third-order valence-electron chi connectivity index (χ3n) is 6.39. The first-order valence-electron chi connectivity index (χ1n) is 10.6. The summed E-state index contributed by atoms with van der Waals surface area (Å²) < 4.78 is 1.99. The van der Waals surface area contributed by atoms with E-state index in [0.29, 0.717) is 24.8 Å². The number of aliphatic imine (C=N–C) groups is 1. The molecule has 2 aromatic carbocycles. The topological polar surface area (TPSA) is 53.7 Å².